The van der Waals surface area contributed by atoms with Gasteiger partial charge in [0.1, 0.15) is 0 Å². The summed E-state index contributed by atoms with van der Waals surface area (Å²) in [6.45, 7) is 11.0. The van der Waals surface area contributed by atoms with Crippen LogP contribution in [0.2, 0.25) is 6.04 Å². The van der Waals surface area contributed by atoms with Gasteiger partial charge in [0, 0.05) is 57.0 Å². The molecule has 0 spiro atoms. The van der Waals surface area contributed by atoms with Gasteiger partial charge < -0.3 is 34.0 Å². The molecule has 0 fully saturated rings. The lowest BCUT2D eigenvalue weighted by Crippen LogP contribution is -2.48. The number of amides is 2. The minimum atomic E-state index is -4.34. The highest BCUT2D eigenvalue weighted by atomic mass is 32.2. The van der Waals surface area contributed by atoms with Crippen molar-refractivity contribution < 1.29 is 40.6 Å². The molecule has 0 aromatic carbocycles. The van der Waals surface area contributed by atoms with Crippen LogP contribution >= 0.6 is 11.8 Å². The topological polar surface area (TPSA) is 162 Å². The summed E-state index contributed by atoms with van der Waals surface area (Å²) in [4.78, 5) is 23.4. The van der Waals surface area contributed by atoms with Crippen LogP contribution in [0, 0.1) is 5.92 Å². The molecule has 0 saturated carbocycles. The van der Waals surface area contributed by atoms with Gasteiger partial charge in [0.05, 0.1) is 5.92 Å². The monoisotopic (exact) mass is 533 g/mol. The van der Waals surface area contributed by atoms with Gasteiger partial charge in [-0.15, -0.1) is 0 Å². The van der Waals surface area contributed by atoms with Gasteiger partial charge in [-0.3, -0.25) is 9.35 Å². The molecular weight excluding hydrogens is 494 g/mol. The molecule has 196 valence electrons. The summed E-state index contributed by atoms with van der Waals surface area (Å²) >= 11 is 1.41. The minimum Gasteiger partial charge on any atom is -0.446 e. The van der Waals surface area contributed by atoms with Crippen LogP contribution in [0.15, 0.2) is 0 Å². The molecular formula is C18H39N3O9S2Si. The normalized spacial score (nSPS) is 12.9. The van der Waals surface area contributed by atoms with Gasteiger partial charge in [0.2, 0.25) is 5.94 Å². The second-order valence-electron chi connectivity index (χ2n) is 6.80. The number of urea groups is 1. The van der Waals surface area contributed by atoms with Crippen molar-refractivity contribution in [2.75, 3.05) is 63.4 Å². The zero-order valence-corrected chi connectivity index (χ0v) is 22.5. The highest BCUT2D eigenvalue weighted by molar-refractivity contribution is 7.99. The van der Waals surface area contributed by atoms with Crippen molar-refractivity contribution in [2.24, 2.45) is 5.92 Å². The predicted octanol–water partition coefficient (Wildman–Crippen LogP) is 0.681. The van der Waals surface area contributed by atoms with Crippen molar-refractivity contribution in [1.29, 1.82) is 0 Å². The third-order valence-corrected chi connectivity index (χ3v) is 8.63. The standard InChI is InChI=1S/C18H39N3O9S2Si/c1-5-28-33(29-6-2,30-7-3)13-11-19-8-9-20-18(23)21-10-12-31-14-16(4)17(22)27-15-32(24,25)26/h16,19H,5-15H2,1-4H3,(H2,20,21,23)(H,24,25,26). The van der Waals surface area contributed by atoms with E-state index in [1.807, 2.05) is 20.8 Å². The summed E-state index contributed by atoms with van der Waals surface area (Å²) in [7, 11) is -7.01. The molecule has 0 aliphatic carbocycles. The van der Waals surface area contributed by atoms with E-state index in [9.17, 15) is 18.0 Å². The molecule has 4 N–H and O–H groups in total. The van der Waals surface area contributed by atoms with E-state index in [1.54, 1.807) is 6.92 Å². The van der Waals surface area contributed by atoms with Crippen LogP contribution in [0.5, 0.6) is 0 Å². The zero-order chi connectivity index (χ0) is 25.2. The quantitative estimate of drug-likeness (QED) is 0.0753. The van der Waals surface area contributed by atoms with Crippen molar-refractivity contribution in [3.63, 3.8) is 0 Å². The van der Waals surface area contributed by atoms with Crippen LogP contribution < -0.4 is 16.0 Å². The lowest BCUT2D eigenvalue weighted by atomic mass is 10.2. The molecule has 0 bridgehead atoms. The number of hydrogen-bond donors (Lipinski definition) is 4. The largest absolute Gasteiger partial charge is 0.502 e. The summed E-state index contributed by atoms with van der Waals surface area (Å²) in [6, 6.07) is 0.355. The molecule has 15 heteroatoms. The highest BCUT2D eigenvalue weighted by Crippen LogP contribution is 2.15. The Kier molecular flexibility index (Phi) is 17.9. The molecule has 0 saturated heterocycles. The molecule has 0 aromatic rings. The summed E-state index contributed by atoms with van der Waals surface area (Å²) in [6.07, 6.45) is 0. The van der Waals surface area contributed by atoms with E-state index in [0.717, 1.165) is 0 Å². The maximum atomic E-state index is 11.8. The second kappa shape index (κ2) is 18.4. The zero-order valence-electron chi connectivity index (χ0n) is 19.9. The summed E-state index contributed by atoms with van der Waals surface area (Å²) in [5, 5.41) is 8.70. The Morgan fingerprint density at radius 1 is 0.970 bits per heavy atom. The van der Waals surface area contributed by atoms with Crippen LogP contribution in [-0.2, 0) is 32.9 Å². The van der Waals surface area contributed by atoms with Gasteiger partial charge in [-0.25, -0.2) is 4.79 Å². The Bertz CT molecular complexity index is 639. The first-order valence-electron chi connectivity index (χ1n) is 10.9. The van der Waals surface area contributed by atoms with E-state index in [4.69, 9.17) is 17.8 Å². The molecule has 0 aliphatic heterocycles. The SMILES string of the molecule is CCO[Si](CCNCCNC(=O)NCCSCC(C)C(=O)OCS(=O)(=O)O)(OCC)OCC. The predicted molar refractivity (Wildman–Crippen MR) is 129 cm³/mol. The van der Waals surface area contributed by atoms with Gasteiger partial charge in [0.25, 0.3) is 0 Å². The maximum Gasteiger partial charge on any atom is 0.502 e. The van der Waals surface area contributed by atoms with Crippen molar-refractivity contribution in [2.45, 2.75) is 33.7 Å². The average Bonchev–Trinajstić information content (AvgIpc) is 2.74. The molecule has 0 heterocycles. The number of ether oxygens (including phenoxy) is 1. The van der Waals surface area contributed by atoms with Crippen molar-refractivity contribution in [1.82, 2.24) is 16.0 Å². The molecule has 0 aliphatic rings. The Balaban J connectivity index is 3.87. The molecule has 1 atom stereocenters. The van der Waals surface area contributed by atoms with E-state index >= 15 is 0 Å². The van der Waals surface area contributed by atoms with E-state index in [0.29, 0.717) is 63.5 Å². The number of carbonyl (C=O) groups is 2. The molecule has 1 unspecified atom stereocenters. The minimum absolute atomic E-state index is 0.292. The van der Waals surface area contributed by atoms with Gasteiger partial charge in [-0.05, 0) is 27.3 Å². The van der Waals surface area contributed by atoms with E-state index in [2.05, 4.69) is 20.7 Å². The first-order valence-corrected chi connectivity index (χ1v) is 15.6. The van der Waals surface area contributed by atoms with Crippen LogP contribution in [0.4, 0.5) is 4.79 Å². The molecule has 12 nitrogen and oxygen atoms in total. The summed E-state index contributed by atoms with van der Waals surface area (Å²) in [5.41, 5.74) is 0. The second-order valence-corrected chi connectivity index (χ2v) is 12.1. The number of esters is 1. The Morgan fingerprint density at radius 3 is 2.09 bits per heavy atom. The highest BCUT2D eigenvalue weighted by Gasteiger charge is 2.39. The fourth-order valence-electron chi connectivity index (χ4n) is 2.53. The fourth-order valence-corrected chi connectivity index (χ4v) is 6.19. The molecule has 33 heavy (non-hydrogen) atoms. The average molecular weight is 534 g/mol. The lowest BCUT2D eigenvalue weighted by Gasteiger charge is -2.28. The Morgan fingerprint density at radius 2 is 1.55 bits per heavy atom. The van der Waals surface area contributed by atoms with Crippen molar-refractivity contribution >= 4 is 42.7 Å². The molecule has 2 amide bonds. The summed E-state index contributed by atoms with van der Waals surface area (Å²) in [5.74, 6) is -1.33. The first-order chi connectivity index (χ1) is 15.6. The maximum absolute atomic E-state index is 11.8. The van der Waals surface area contributed by atoms with Crippen molar-refractivity contribution in [3.05, 3.63) is 0 Å². The number of carbonyl (C=O) groups excluding carboxylic acids is 2. The van der Waals surface area contributed by atoms with Crippen LogP contribution in [0.1, 0.15) is 27.7 Å². The number of hydrogen-bond acceptors (Lipinski definition) is 10. The molecule has 0 aromatic heterocycles. The third-order valence-electron chi connectivity index (χ3n) is 3.94. The van der Waals surface area contributed by atoms with E-state index < -0.39 is 36.7 Å². The molecule has 0 rings (SSSR count). The lowest BCUT2D eigenvalue weighted by molar-refractivity contribution is -0.145. The van der Waals surface area contributed by atoms with E-state index in [1.165, 1.54) is 11.8 Å². The van der Waals surface area contributed by atoms with Crippen LogP contribution in [0.3, 0.4) is 0 Å². The fraction of sp³-hybridized carbons (Fsp3) is 0.889. The van der Waals surface area contributed by atoms with Crippen LogP contribution in [-0.4, -0.2) is 97.2 Å². The van der Waals surface area contributed by atoms with Gasteiger partial charge in [0.15, 0.2) is 0 Å². The molecule has 0 radical (unpaired) electrons. The third kappa shape index (κ3) is 17.2. The summed E-state index contributed by atoms with van der Waals surface area (Å²) < 4.78 is 51.6. The smallest absolute Gasteiger partial charge is 0.446 e. The number of rotatable bonds is 20. The Labute approximate surface area is 202 Å². The van der Waals surface area contributed by atoms with E-state index in [-0.39, 0.29) is 6.03 Å². The Hall–Kier alpha value is -0.943. The number of thioether (sulfide) groups is 1. The van der Waals surface area contributed by atoms with Crippen molar-refractivity contribution in [3.8, 4) is 0 Å². The van der Waals surface area contributed by atoms with Gasteiger partial charge >= 0.3 is 30.9 Å². The van der Waals surface area contributed by atoms with Gasteiger partial charge in [-0.2, -0.15) is 20.2 Å². The first kappa shape index (κ1) is 32.1. The number of nitrogens with one attached hydrogen (secondary N) is 3. The van der Waals surface area contributed by atoms with Crippen LogP contribution in [0.25, 0.3) is 0 Å². The van der Waals surface area contributed by atoms with Gasteiger partial charge in [-0.1, -0.05) is 6.92 Å².